The maximum Gasteiger partial charge on any atom is 0.124 e. The molecule has 1 aliphatic rings. The second kappa shape index (κ2) is 7.12. The molecule has 1 unspecified atom stereocenters. The van der Waals surface area contributed by atoms with E-state index in [-0.39, 0.29) is 5.41 Å². The first-order chi connectivity index (χ1) is 13.7. The van der Waals surface area contributed by atoms with Crippen molar-refractivity contribution in [2.24, 2.45) is 5.41 Å². The minimum Gasteiger partial charge on any atom is -0.380 e. The normalized spacial score (nSPS) is 18.4. The Morgan fingerprint density at radius 1 is 1.07 bits per heavy atom. The van der Waals surface area contributed by atoms with Gasteiger partial charge in [0.05, 0.1) is 0 Å². The fourth-order valence-corrected chi connectivity index (χ4v) is 4.80. The molecule has 1 aliphatic heterocycles. The van der Waals surface area contributed by atoms with Gasteiger partial charge in [-0.25, -0.2) is 0 Å². The van der Waals surface area contributed by atoms with Gasteiger partial charge in [-0.1, -0.05) is 45.0 Å². The van der Waals surface area contributed by atoms with Crippen LogP contribution in [0, 0.1) is 12.3 Å². The average Bonchev–Trinajstić information content (AvgIpc) is 3.13. The Morgan fingerprint density at radius 3 is 2.31 bits per heavy atom. The number of nitrogens with zero attached hydrogens (tertiary/aromatic N) is 2. The van der Waals surface area contributed by atoms with Crippen molar-refractivity contribution in [3.05, 3.63) is 77.2 Å². The number of benzene rings is 1. The third kappa shape index (κ3) is 3.30. The first kappa shape index (κ1) is 19.9. The number of hydrogen-bond acceptors (Lipinski definition) is 3. The van der Waals surface area contributed by atoms with E-state index in [2.05, 4.69) is 85.2 Å². The summed E-state index contributed by atoms with van der Waals surface area (Å²) >= 11 is 0. The van der Waals surface area contributed by atoms with E-state index in [0.29, 0.717) is 5.92 Å². The van der Waals surface area contributed by atoms with Crippen LogP contribution in [0.25, 0.3) is 11.3 Å². The highest BCUT2D eigenvalue weighted by molar-refractivity contribution is 5.61. The molecule has 3 heterocycles. The van der Waals surface area contributed by atoms with Crippen molar-refractivity contribution in [2.45, 2.75) is 39.2 Å². The van der Waals surface area contributed by atoms with E-state index in [9.17, 15) is 5.11 Å². The third-order valence-electron chi connectivity index (χ3n) is 6.41. The van der Waals surface area contributed by atoms with Crippen LogP contribution in [-0.2, 0) is 5.60 Å². The molecule has 0 saturated carbocycles. The predicted octanol–water partition coefficient (Wildman–Crippen LogP) is 4.70. The molecule has 0 spiro atoms. The number of aromatic amines is 1. The SMILES string of the molecule is Cc1ccc(-c2cncc(C(O)(c3ccc(C(C)C)cc3)C3(C)CN(C)C3)c2)[nH]1. The summed E-state index contributed by atoms with van der Waals surface area (Å²) in [6, 6.07) is 14.7. The van der Waals surface area contributed by atoms with E-state index < -0.39 is 5.60 Å². The van der Waals surface area contributed by atoms with Crippen molar-refractivity contribution in [1.29, 1.82) is 0 Å². The second-order valence-corrected chi connectivity index (χ2v) is 9.24. The lowest BCUT2D eigenvalue weighted by Crippen LogP contribution is -2.63. The number of aryl methyl sites for hydroxylation is 1. The zero-order valence-corrected chi connectivity index (χ0v) is 18.0. The van der Waals surface area contributed by atoms with Crippen LogP contribution in [-0.4, -0.2) is 40.1 Å². The fraction of sp³-hybridized carbons (Fsp3) is 0.400. The number of hydrogen-bond donors (Lipinski definition) is 2. The van der Waals surface area contributed by atoms with Gasteiger partial charge < -0.3 is 15.0 Å². The number of aliphatic hydroxyl groups is 1. The average molecular weight is 390 g/mol. The molecule has 0 radical (unpaired) electrons. The number of likely N-dealkylation sites (tertiary alicyclic amines) is 1. The number of nitrogens with one attached hydrogen (secondary N) is 1. The smallest absolute Gasteiger partial charge is 0.124 e. The number of rotatable bonds is 5. The molecule has 4 rings (SSSR count). The van der Waals surface area contributed by atoms with Gasteiger partial charge in [0.25, 0.3) is 0 Å². The highest BCUT2D eigenvalue weighted by atomic mass is 16.3. The van der Waals surface area contributed by atoms with E-state index in [1.807, 2.05) is 19.3 Å². The van der Waals surface area contributed by atoms with Crippen LogP contribution in [0.2, 0.25) is 0 Å². The lowest BCUT2D eigenvalue weighted by molar-refractivity contribution is -0.127. The summed E-state index contributed by atoms with van der Waals surface area (Å²) < 4.78 is 0. The van der Waals surface area contributed by atoms with Gasteiger partial charge in [-0.3, -0.25) is 4.98 Å². The van der Waals surface area contributed by atoms with Gasteiger partial charge in [-0.05, 0) is 49.2 Å². The fourth-order valence-electron chi connectivity index (χ4n) is 4.80. The topological polar surface area (TPSA) is 52.2 Å². The van der Waals surface area contributed by atoms with E-state index >= 15 is 0 Å². The summed E-state index contributed by atoms with van der Waals surface area (Å²) in [6.07, 6.45) is 3.67. The van der Waals surface area contributed by atoms with Crippen molar-refractivity contribution in [2.75, 3.05) is 20.1 Å². The molecule has 0 bridgehead atoms. The Hall–Kier alpha value is -2.43. The number of aromatic nitrogens is 2. The van der Waals surface area contributed by atoms with Crippen molar-refractivity contribution in [3.63, 3.8) is 0 Å². The largest absolute Gasteiger partial charge is 0.380 e. The van der Waals surface area contributed by atoms with Crippen molar-refractivity contribution < 1.29 is 5.11 Å². The maximum absolute atomic E-state index is 12.3. The Bertz CT molecular complexity index is 999. The molecule has 29 heavy (non-hydrogen) atoms. The van der Waals surface area contributed by atoms with Gasteiger partial charge in [0.15, 0.2) is 0 Å². The van der Waals surface area contributed by atoms with Gasteiger partial charge in [-0.15, -0.1) is 0 Å². The van der Waals surface area contributed by atoms with Crippen LogP contribution in [0.5, 0.6) is 0 Å². The minimum absolute atomic E-state index is 0.285. The highest BCUT2D eigenvalue weighted by Crippen LogP contribution is 2.50. The minimum atomic E-state index is -1.11. The maximum atomic E-state index is 12.3. The summed E-state index contributed by atoms with van der Waals surface area (Å²) in [6.45, 7) is 10.3. The van der Waals surface area contributed by atoms with E-state index in [1.54, 1.807) is 0 Å². The summed E-state index contributed by atoms with van der Waals surface area (Å²) in [5, 5.41) is 12.3. The third-order valence-corrected chi connectivity index (χ3v) is 6.41. The van der Waals surface area contributed by atoms with E-state index in [1.165, 1.54) is 5.56 Å². The van der Waals surface area contributed by atoms with Crippen LogP contribution in [0.4, 0.5) is 0 Å². The molecule has 1 fully saturated rings. The number of H-pyrrole nitrogens is 1. The molecule has 152 valence electrons. The van der Waals surface area contributed by atoms with Gasteiger partial charge in [0.2, 0.25) is 0 Å². The first-order valence-corrected chi connectivity index (χ1v) is 10.4. The van der Waals surface area contributed by atoms with Crippen molar-refractivity contribution in [1.82, 2.24) is 14.9 Å². The van der Waals surface area contributed by atoms with Crippen LogP contribution in [0.1, 0.15) is 49.1 Å². The second-order valence-electron chi connectivity index (χ2n) is 9.24. The van der Waals surface area contributed by atoms with Crippen LogP contribution in [0.15, 0.2) is 54.9 Å². The van der Waals surface area contributed by atoms with Crippen molar-refractivity contribution >= 4 is 0 Å². The quantitative estimate of drug-likeness (QED) is 0.665. The molecule has 4 heteroatoms. The van der Waals surface area contributed by atoms with Crippen LogP contribution in [0.3, 0.4) is 0 Å². The lowest BCUT2D eigenvalue weighted by atomic mass is 9.62. The Morgan fingerprint density at radius 2 is 1.76 bits per heavy atom. The molecule has 0 aliphatic carbocycles. The molecular weight excluding hydrogens is 358 g/mol. The predicted molar refractivity (Wildman–Crippen MR) is 118 cm³/mol. The van der Waals surface area contributed by atoms with Crippen LogP contribution < -0.4 is 0 Å². The molecule has 1 atom stereocenters. The molecular formula is C25H31N3O. The Kier molecular flexibility index (Phi) is 4.88. The van der Waals surface area contributed by atoms with E-state index in [4.69, 9.17) is 0 Å². The van der Waals surface area contributed by atoms with E-state index in [0.717, 1.165) is 41.2 Å². The molecule has 1 aromatic carbocycles. The lowest BCUT2D eigenvalue weighted by Gasteiger charge is -2.55. The van der Waals surface area contributed by atoms with Gasteiger partial charge in [0.1, 0.15) is 5.60 Å². The van der Waals surface area contributed by atoms with Gasteiger partial charge in [-0.2, -0.15) is 0 Å². The van der Waals surface area contributed by atoms with Gasteiger partial charge in [0, 0.05) is 53.4 Å². The van der Waals surface area contributed by atoms with Crippen molar-refractivity contribution in [3.8, 4) is 11.3 Å². The Balaban J connectivity index is 1.83. The van der Waals surface area contributed by atoms with Crippen LogP contribution >= 0.6 is 0 Å². The molecule has 4 nitrogen and oxygen atoms in total. The molecule has 3 aromatic rings. The molecule has 2 N–H and O–H groups in total. The summed E-state index contributed by atoms with van der Waals surface area (Å²) in [4.78, 5) is 10.1. The zero-order chi connectivity index (χ0) is 20.8. The number of pyridine rings is 1. The standard InChI is InChI=1S/C25H31N3O/c1-17(2)19-7-9-21(10-8-19)25(29,24(4)15-28(5)16-24)22-12-20(13-26-14-22)23-11-6-18(3)27-23/h6-14,17,27,29H,15-16H2,1-5H3. The Labute approximate surface area is 173 Å². The molecule has 2 aromatic heterocycles. The molecule has 1 saturated heterocycles. The zero-order valence-electron chi connectivity index (χ0n) is 18.0. The van der Waals surface area contributed by atoms with Gasteiger partial charge >= 0.3 is 0 Å². The molecule has 0 amide bonds. The summed E-state index contributed by atoms with van der Waals surface area (Å²) in [5.74, 6) is 0.462. The summed E-state index contributed by atoms with van der Waals surface area (Å²) in [7, 11) is 2.10. The summed E-state index contributed by atoms with van der Waals surface area (Å²) in [5.41, 5.74) is 4.77. The monoisotopic (exact) mass is 389 g/mol. The first-order valence-electron chi connectivity index (χ1n) is 10.4. The highest BCUT2D eigenvalue weighted by Gasteiger charge is 2.55.